The molecule has 3 N–H and O–H groups in total. The molecule has 0 saturated heterocycles. The number of anilines is 1. The molecule has 2 aromatic heterocycles. The van der Waals surface area contributed by atoms with Gasteiger partial charge >= 0.3 is 0 Å². The average Bonchev–Trinajstić information content (AvgIpc) is 2.75. The quantitative estimate of drug-likeness (QED) is 0.373. The summed E-state index contributed by atoms with van der Waals surface area (Å²) in [7, 11) is 0. The van der Waals surface area contributed by atoms with E-state index in [9.17, 15) is 0 Å². The molecule has 0 unspecified atom stereocenters. The Morgan fingerprint density at radius 2 is 2.31 bits per heavy atom. The van der Waals surface area contributed by atoms with E-state index in [2.05, 4.69) is 20.5 Å². The molecule has 8 heteroatoms. The van der Waals surface area contributed by atoms with Crippen LogP contribution in [0, 0.1) is 0 Å². The summed E-state index contributed by atoms with van der Waals surface area (Å²) in [6.07, 6.45) is 5.09. The third kappa shape index (κ3) is 2.26. The molecular formula is C8H9ClN6S. The Kier molecular flexibility index (Phi) is 3.28. The second-order valence-corrected chi connectivity index (χ2v) is 4.06. The third-order valence-electron chi connectivity index (χ3n) is 1.81. The van der Waals surface area contributed by atoms with Crippen molar-refractivity contribution in [2.45, 2.75) is 5.16 Å². The number of halogens is 1. The maximum atomic E-state index is 5.79. The predicted molar refractivity (Wildman–Crippen MR) is 63.8 cm³/mol. The van der Waals surface area contributed by atoms with Crippen molar-refractivity contribution in [3.63, 3.8) is 0 Å². The summed E-state index contributed by atoms with van der Waals surface area (Å²) in [5.74, 6) is 6.46. The van der Waals surface area contributed by atoms with Crippen molar-refractivity contribution in [2.75, 3.05) is 11.7 Å². The zero-order chi connectivity index (χ0) is 11.5. The van der Waals surface area contributed by atoms with Crippen molar-refractivity contribution in [2.24, 2.45) is 5.84 Å². The van der Waals surface area contributed by atoms with E-state index in [1.807, 2.05) is 6.26 Å². The van der Waals surface area contributed by atoms with Crippen LogP contribution in [0.3, 0.4) is 0 Å². The van der Waals surface area contributed by atoms with Crippen molar-refractivity contribution < 1.29 is 0 Å². The van der Waals surface area contributed by atoms with Crippen molar-refractivity contribution in [3.05, 3.63) is 23.5 Å². The lowest BCUT2D eigenvalue weighted by Gasteiger charge is -2.05. The number of hydrogen-bond acceptors (Lipinski definition) is 6. The van der Waals surface area contributed by atoms with Gasteiger partial charge in [-0.05, 0) is 6.26 Å². The van der Waals surface area contributed by atoms with Gasteiger partial charge in [0.25, 0.3) is 0 Å². The van der Waals surface area contributed by atoms with Gasteiger partial charge in [-0.25, -0.2) is 20.5 Å². The first-order chi connectivity index (χ1) is 7.72. The molecule has 0 amide bonds. The summed E-state index contributed by atoms with van der Waals surface area (Å²) < 4.78 is 1.56. The summed E-state index contributed by atoms with van der Waals surface area (Å²) in [5.41, 5.74) is 2.48. The Balaban J connectivity index is 2.47. The van der Waals surface area contributed by atoms with E-state index >= 15 is 0 Å². The third-order valence-corrected chi connectivity index (χ3v) is 2.55. The topological polar surface area (TPSA) is 81.6 Å². The molecule has 2 heterocycles. The SMILES string of the molecule is CSc1nc(NN)cc(-n2cc(Cl)cn2)n1. The lowest BCUT2D eigenvalue weighted by molar-refractivity contribution is 0.808. The molecule has 16 heavy (non-hydrogen) atoms. The average molecular weight is 257 g/mol. The van der Waals surface area contributed by atoms with Crippen molar-refractivity contribution >= 4 is 29.2 Å². The number of rotatable bonds is 3. The second kappa shape index (κ2) is 4.69. The fourth-order valence-corrected chi connectivity index (χ4v) is 1.63. The lowest BCUT2D eigenvalue weighted by atomic mass is 10.5. The van der Waals surface area contributed by atoms with Gasteiger partial charge in [0.05, 0.1) is 17.4 Å². The molecule has 0 spiro atoms. The van der Waals surface area contributed by atoms with Crippen LogP contribution in [0.2, 0.25) is 5.02 Å². The van der Waals surface area contributed by atoms with Gasteiger partial charge in [0.15, 0.2) is 11.0 Å². The number of hydrazine groups is 1. The van der Waals surface area contributed by atoms with Crippen LogP contribution >= 0.6 is 23.4 Å². The van der Waals surface area contributed by atoms with Crippen LogP contribution in [-0.4, -0.2) is 26.0 Å². The first kappa shape index (κ1) is 11.2. The van der Waals surface area contributed by atoms with E-state index in [0.29, 0.717) is 21.8 Å². The van der Waals surface area contributed by atoms with E-state index in [1.165, 1.54) is 18.0 Å². The maximum absolute atomic E-state index is 5.79. The number of nitrogens with zero attached hydrogens (tertiary/aromatic N) is 4. The van der Waals surface area contributed by atoms with Gasteiger partial charge in [0, 0.05) is 6.07 Å². The first-order valence-corrected chi connectivity index (χ1v) is 5.93. The van der Waals surface area contributed by atoms with Crippen LogP contribution < -0.4 is 11.3 Å². The van der Waals surface area contributed by atoms with Gasteiger partial charge in [-0.1, -0.05) is 23.4 Å². The maximum Gasteiger partial charge on any atom is 0.191 e. The van der Waals surface area contributed by atoms with E-state index in [0.717, 1.165) is 0 Å². The first-order valence-electron chi connectivity index (χ1n) is 4.33. The number of aromatic nitrogens is 4. The monoisotopic (exact) mass is 256 g/mol. The second-order valence-electron chi connectivity index (χ2n) is 2.85. The standard InChI is InChI=1S/C8H9ClN6S/c1-16-8-12-6(14-10)2-7(13-8)15-4-5(9)3-11-15/h2-4H,10H2,1H3,(H,12,13,14). The van der Waals surface area contributed by atoms with Crippen LogP contribution in [0.15, 0.2) is 23.6 Å². The minimum atomic E-state index is 0.529. The molecule has 0 saturated carbocycles. The molecule has 0 fully saturated rings. The lowest BCUT2D eigenvalue weighted by Crippen LogP contribution is -2.11. The molecule has 0 bridgehead atoms. The number of hydrogen-bond donors (Lipinski definition) is 2. The minimum absolute atomic E-state index is 0.529. The van der Waals surface area contributed by atoms with Gasteiger partial charge in [-0.15, -0.1) is 0 Å². The summed E-state index contributed by atoms with van der Waals surface area (Å²) in [4.78, 5) is 8.43. The summed E-state index contributed by atoms with van der Waals surface area (Å²) in [6.45, 7) is 0. The summed E-state index contributed by atoms with van der Waals surface area (Å²) in [6, 6.07) is 1.68. The summed E-state index contributed by atoms with van der Waals surface area (Å²) >= 11 is 7.21. The normalized spacial score (nSPS) is 10.4. The van der Waals surface area contributed by atoms with E-state index in [1.54, 1.807) is 16.9 Å². The fourth-order valence-electron chi connectivity index (χ4n) is 1.12. The smallest absolute Gasteiger partial charge is 0.191 e. The fraction of sp³-hybridized carbons (Fsp3) is 0.125. The Morgan fingerprint density at radius 3 is 2.88 bits per heavy atom. The van der Waals surface area contributed by atoms with Crippen molar-refractivity contribution in [1.29, 1.82) is 0 Å². The molecule has 6 nitrogen and oxygen atoms in total. The van der Waals surface area contributed by atoms with E-state index in [4.69, 9.17) is 17.4 Å². The van der Waals surface area contributed by atoms with Crippen LogP contribution in [-0.2, 0) is 0 Å². The molecule has 0 aliphatic rings. The minimum Gasteiger partial charge on any atom is -0.308 e. The highest BCUT2D eigenvalue weighted by Gasteiger charge is 2.06. The molecule has 0 aliphatic carbocycles. The Labute approximate surface area is 101 Å². The van der Waals surface area contributed by atoms with Crippen LogP contribution in [0.4, 0.5) is 5.82 Å². The molecule has 0 aliphatic heterocycles. The summed E-state index contributed by atoms with van der Waals surface area (Å²) in [5, 5.41) is 5.21. The number of nitrogen functional groups attached to an aromatic ring is 1. The number of nitrogens with two attached hydrogens (primary N) is 1. The van der Waals surface area contributed by atoms with Crippen molar-refractivity contribution in [1.82, 2.24) is 19.7 Å². The molecule has 2 rings (SSSR count). The highest BCUT2D eigenvalue weighted by molar-refractivity contribution is 7.98. The van der Waals surface area contributed by atoms with Crippen LogP contribution in [0.5, 0.6) is 0 Å². The van der Waals surface area contributed by atoms with Crippen molar-refractivity contribution in [3.8, 4) is 5.82 Å². The van der Waals surface area contributed by atoms with Crippen LogP contribution in [0.1, 0.15) is 0 Å². The van der Waals surface area contributed by atoms with Gasteiger partial charge in [0.2, 0.25) is 0 Å². The molecule has 0 radical (unpaired) electrons. The molecule has 84 valence electrons. The Hall–Kier alpha value is -1.31. The number of thioether (sulfide) groups is 1. The van der Waals surface area contributed by atoms with E-state index in [-0.39, 0.29) is 0 Å². The zero-order valence-corrected chi connectivity index (χ0v) is 9.96. The van der Waals surface area contributed by atoms with E-state index < -0.39 is 0 Å². The molecule has 0 atom stereocenters. The highest BCUT2D eigenvalue weighted by atomic mass is 35.5. The highest BCUT2D eigenvalue weighted by Crippen LogP contribution is 2.17. The van der Waals surface area contributed by atoms with Gasteiger partial charge < -0.3 is 5.43 Å². The number of nitrogens with one attached hydrogen (secondary N) is 1. The largest absolute Gasteiger partial charge is 0.308 e. The van der Waals surface area contributed by atoms with Gasteiger partial charge in [-0.3, -0.25) is 0 Å². The van der Waals surface area contributed by atoms with Gasteiger partial charge in [0.1, 0.15) is 5.82 Å². The molecule has 0 aromatic carbocycles. The van der Waals surface area contributed by atoms with Gasteiger partial charge in [-0.2, -0.15) is 5.10 Å². The molecular weight excluding hydrogens is 248 g/mol. The zero-order valence-electron chi connectivity index (χ0n) is 8.38. The van der Waals surface area contributed by atoms with Crippen LogP contribution in [0.25, 0.3) is 5.82 Å². The predicted octanol–water partition coefficient (Wildman–Crippen LogP) is 1.32. The Bertz CT molecular complexity index is 477. The molecule has 2 aromatic rings. The Morgan fingerprint density at radius 1 is 1.50 bits per heavy atom.